The van der Waals surface area contributed by atoms with Crippen molar-refractivity contribution in [2.45, 2.75) is 0 Å². The summed E-state index contributed by atoms with van der Waals surface area (Å²) in [6.07, 6.45) is 0. The van der Waals surface area contributed by atoms with Crippen LogP contribution in [-0.4, -0.2) is 9.13 Å². The van der Waals surface area contributed by atoms with Gasteiger partial charge in [0.1, 0.15) is 11.2 Å². The summed E-state index contributed by atoms with van der Waals surface area (Å²) >= 11 is 0. The normalized spacial score (nSPS) is 12.0. The van der Waals surface area contributed by atoms with Crippen LogP contribution < -0.4 is 0 Å². The topological polar surface area (TPSA) is 23.0 Å². The molecule has 3 aromatic heterocycles. The van der Waals surface area contributed by atoms with Gasteiger partial charge in [0.15, 0.2) is 0 Å². The van der Waals surface area contributed by atoms with Crippen LogP contribution in [0.3, 0.4) is 0 Å². The summed E-state index contributed by atoms with van der Waals surface area (Å²) in [5.74, 6) is 0. The molecular formula is C52H32N2O. The van der Waals surface area contributed by atoms with Gasteiger partial charge in [-0.1, -0.05) is 133 Å². The minimum absolute atomic E-state index is 0.904. The summed E-state index contributed by atoms with van der Waals surface area (Å²) in [5, 5.41) is 9.75. The lowest BCUT2D eigenvalue weighted by atomic mass is 9.99. The fourth-order valence-electron chi connectivity index (χ4n) is 9.08. The largest absolute Gasteiger partial charge is 0.456 e. The molecule has 0 radical (unpaired) electrons. The zero-order valence-corrected chi connectivity index (χ0v) is 29.8. The van der Waals surface area contributed by atoms with Gasteiger partial charge in [-0.05, 0) is 93.7 Å². The highest BCUT2D eigenvalue weighted by Gasteiger charge is 2.22. The van der Waals surface area contributed by atoms with Crippen molar-refractivity contribution >= 4 is 76.3 Å². The third kappa shape index (κ3) is 4.44. The Morgan fingerprint density at radius 1 is 0.309 bits per heavy atom. The van der Waals surface area contributed by atoms with Crippen LogP contribution in [0, 0.1) is 0 Å². The zero-order valence-electron chi connectivity index (χ0n) is 29.8. The van der Waals surface area contributed by atoms with E-state index in [-0.39, 0.29) is 0 Å². The van der Waals surface area contributed by atoms with Crippen molar-refractivity contribution in [3.05, 3.63) is 194 Å². The van der Waals surface area contributed by atoms with Gasteiger partial charge in [0, 0.05) is 43.7 Å². The van der Waals surface area contributed by atoms with Gasteiger partial charge < -0.3 is 13.6 Å². The predicted molar refractivity (Wildman–Crippen MR) is 231 cm³/mol. The van der Waals surface area contributed by atoms with Gasteiger partial charge >= 0.3 is 0 Å². The summed E-state index contributed by atoms with van der Waals surface area (Å²) in [6, 6.07) is 70.3. The maximum Gasteiger partial charge on any atom is 0.136 e. The van der Waals surface area contributed by atoms with Gasteiger partial charge in [0.2, 0.25) is 0 Å². The molecular weight excluding hydrogens is 669 g/mol. The van der Waals surface area contributed by atoms with Gasteiger partial charge in [-0.15, -0.1) is 0 Å². The van der Waals surface area contributed by atoms with Crippen molar-refractivity contribution in [2.24, 2.45) is 0 Å². The fourth-order valence-corrected chi connectivity index (χ4v) is 9.08. The molecule has 0 unspecified atom stereocenters. The smallest absolute Gasteiger partial charge is 0.136 e. The first kappa shape index (κ1) is 30.1. The third-order valence-corrected chi connectivity index (χ3v) is 11.5. The maximum absolute atomic E-state index is 6.29. The second-order valence-corrected chi connectivity index (χ2v) is 14.5. The minimum Gasteiger partial charge on any atom is -0.456 e. The van der Waals surface area contributed by atoms with Gasteiger partial charge in [-0.2, -0.15) is 0 Å². The van der Waals surface area contributed by atoms with E-state index in [0.717, 1.165) is 38.9 Å². The Morgan fingerprint density at radius 2 is 0.964 bits per heavy atom. The first-order valence-electron chi connectivity index (χ1n) is 18.8. The molecule has 0 saturated carbocycles. The molecule has 3 heterocycles. The lowest BCUT2D eigenvalue weighted by molar-refractivity contribution is 0.669. The second-order valence-electron chi connectivity index (χ2n) is 14.5. The second kappa shape index (κ2) is 11.6. The van der Waals surface area contributed by atoms with Crippen LogP contribution in [-0.2, 0) is 0 Å². The number of hydrogen-bond donors (Lipinski definition) is 0. The standard InChI is InChI=1S/C52H32N2O/c1-2-12-33(13-3-1)36-25-27-42-47(32-36)54(39-26-24-34-14-4-5-15-35(34)30-39)46-29-28-45-51(52(42)46)41-18-6-8-21-44(41)53(45)38-17-10-16-37(31-38)40-20-11-23-49-50(40)43-19-7-9-22-48(43)55-49/h1-32H. The van der Waals surface area contributed by atoms with E-state index in [9.17, 15) is 0 Å². The molecule has 0 spiro atoms. The molecule has 12 rings (SSSR count). The summed E-state index contributed by atoms with van der Waals surface area (Å²) < 4.78 is 11.2. The van der Waals surface area contributed by atoms with Crippen LogP contribution in [0.4, 0.5) is 0 Å². The van der Waals surface area contributed by atoms with Crippen LogP contribution >= 0.6 is 0 Å². The Balaban J connectivity index is 1.15. The van der Waals surface area contributed by atoms with Crippen LogP contribution in [0.15, 0.2) is 199 Å². The van der Waals surface area contributed by atoms with Gasteiger partial charge in [-0.3, -0.25) is 0 Å². The highest BCUT2D eigenvalue weighted by atomic mass is 16.3. The molecule has 9 aromatic carbocycles. The van der Waals surface area contributed by atoms with E-state index in [1.807, 2.05) is 12.1 Å². The van der Waals surface area contributed by atoms with E-state index in [2.05, 4.69) is 191 Å². The number of rotatable bonds is 4. The minimum atomic E-state index is 0.904. The summed E-state index contributed by atoms with van der Waals surface area (Å²) in [7, 11) is 0. The number of para-hydroxylation sites is 2. The molecule has 0 aliphatic heterocycles. The summed E-state index contributed by atoms with van der Waals surface area (Å²) in [4.78, 5) is 0. The van der Waals surface area contributed by atoms with Crippen molar-refractivity contribution in [1.29, 1.82) is 0 Å². The Labute approximate surface area is 316 Å². The van der Waals surface area contributed by atoms with Crippen LogP contribution in [0.2, 0.25) is 0 Å². The monoisotopic (exact) mass is 700 g/mol. The Morgan fingerprint density at radius 3 is 1.84 bits per heavy atom. The molecule has 0 aliphatic carbocycles. The molecule has 0 amide bonds. The highest BCUT2D eigenvalue weighted by molar-refractivity contribution is 6.29. The van der Waals surface area contributed by atoms with E-state index < -0.39 is 0 Å². The first-order chi connectivity index (χ1) is 27.3. The predicted octanol–water partition coefficient (Wildman–Crippen LogP) is 14.3. The van der Waals surface area contributed by atoms with E-state index in [4.69, 9.17) is 4.42 Å². The third-order valence-electron chi connectivity index (χ3n) is 11.5. The van der Waals surface area contributed by atoms with Gasteiger partial charge in [-0.25, -0.2) is 0 Å². The molecule has 256 valence electrons. The van der Waals surface area contributed by atoms with Crippen molar-refractivity contribution in [3.8, 4) is 33.6 Å². The van der Waals surface area contributed by atoms with Crippen molar-refractivity contribution in [3.63, 3.8) is 0 Å². The first-order valence-corrected chi connectivity index (χ1v) is 18.8. The molecule has 0 N–H and O–H groups in total. The molecule has 0 atom stereocenters. The van der Waals surface area contributed by atoms with Crippen LogP contribution in [0.5, 0.6) is 0 Å². The molecule has 3 heteroatoms. The van der Waals surface area contributed by atoms with Gasteiger partial charge in [0.05, 0.1) is 22.1 Å². The summed E-state index contributed by atoms with van der Waals surface area (Å²) in [6.45, 7) is 0. The van der Waals surface area contributed by atoms with E-state index in [1.165, 1.54) is 71.1 Å². The zero-order chi connectivity index (χ0) is 36.0. The Bertz CT molecular complexity index is 3490. The van der Waals surface area contributed by atoms with Crippen LogP contribution in [0.25, 0.3) is 110 Å². The average molecular weight is 701 g/mol. The fraction of sp³-hybridized carbons (Fsp3) is 0. The van der Waals surface area contributed by atoms with E-state index >= 15 is 0 Å². The Hall–Kier alpha value is -7.36. The molecule has 3 nitrogen and oxygen atoms in total. The maximum atomic E-state index is 6.29. The van der Waals surface area contributed by atoms with E-state index in [0.29, 0.717) is 0 Å². The number of nitrogens with zero attached hydrogens (tertiary/aromatic N) is 2. The number of hydrogen-bond acceptors (Lipinski definition) is 1. The summed E-state index contributed by atoms with van der Waals surface area (Å²) in [5.41, 5.74) is 13.6. The number of fused-ring (bicyclic) bond motifs is 11. The number of benzene rings is 9. The molecule has 0 bridgehead atoms. The van der Waals surface area contributed by atoms with Gasteiger partial charge in [0.25, 0.3) is 0 Å². The Kier molecular flexibility index (Phi) is 6.34. The van der Waals surface area contributed by atoms with Crippen molar-refractivity contribution in [2.75, 3.05) is 0 Å². The number of furan rings is 1. The number of aromatic nitrogens is 2. The molecule has 0 aliphatic rings. The van der Waals surface area contributed by atoms with E-state index in [1.54, 1.807) is 0 Å². The SMILES string of the molecule is c1ccc(-c2ccc3c4c5c6ccccc6n(-c6cccc(-c7cccc8oc9ccccc9c78)c6)c5ccc4n(-c4ccc5ccccc5c4)c3c2)cc1. The average Bonchev–Trinajstić information content (AvgIpc) is 3.91. The van der Waals surface area contributed by atoms with Crippen LogP contribution in [0.1, 0.15) is 0 Å². The van der Waals surface area contributed by atoms with Crippen molar-refractivity contribution < 1.29 is 4.42 Å². The highest BCUT2D eigenvalue weighted by Crippen LogP contribution is 2.44. The van der Waals surface area contributed by atoms with Crippen molar-refractivity contribution in [1.82, 2.24) is 9.13 Å². The lowest BCUT2D eigenvalue weighted by Gasteiger charge is -2.12. The lowest BCUT2D eigenvalue weighted by Crippen LogP contribution is -1.95. The molecule has 0 fully saturated rings. The molecule has 55 heavy (non-hydrogen) atoms. The molecule has 12 aromatic rings. The quantitative estimate of drug-likeness (QED) is 0.179. The molecule has 0 saturated heterocycles.